The van der Waals surface area contributed by atoms with Gasteiger partial charge in [0.05, 0.1) is 4.92 Å². The normalized spacial score (nSPS) is 10.0. The summed E-state index contributed by atoms with van der Waals surface area (Å²) < 4.78 is 0. The van der Waals surface area contributed by atoms with Crippen LogP contribution in [0.1, 0.15) is 15.9 Å². The summed E-state index contributed by atoms with van der Waals surface area (Å²) in [4.78, 5) is 30.4. The second-order valence-corrected chi connectivity index (χ2v) is 4.24. The lowest BCUT2D eigenvalue weighted by Gasteiger charge is -2.09. The predicted octanol–water partition coefficient (Wildman–Crippen LogP) is 1.99. The van der Waals surface area contributed by atoms with Crippen molar-refractivity contribution < 1.29 is 9.72 Å². The SMILES string of the molecule is CNc1cc(C(=O)Nc2ccncc2C)c([N+](=O)[O-])cn1. The van der Waals surface area contributed by atoms with E-state index in [1.807, 2.05) is 0 Å². The Bertz CT molecular complexity index is 702. The van der Waals surface area contributed by atoms with Crippen LogP contribution < -0.4 is 10.6 Å². The summed E-state index contributed by atoms with van der Waals surface area (Å²) in [7, 11) is 1.61. The molecule has 0 spiro atoms. The zero-order valence-corrected chi connectivity index (χ0v) is 11.5. The van der Waals surface area contributed by atoms with E-state index in [0.29, 0.717) is 11.5 Å². The van der Waals surface area contributed by atoms with Crippen molar-refractivity contribution in [2.24, 2.45) is 0 Å². The van der Waals surface area contributed by atoms with Crippen LogP contribution in [0.3, 0.4) is 0 Å². The van der Waals surface area contributed by atoms with E-state index >= 15 is 0 Å². The van der Waals surface area contributed by atoms with E-state index < -0.39 is 10.8 Å². The van der Waals surface area contributed by atoms with Crippen LogP contribution in [0, 0.1) is 17.0 Å². The van der Waals surface area contributed by atoms with Gasteiger partial charge in [0.15, 0.2) is 0 Å². The molecule has 0 aliphatic heterocycles. The summed E-state index contributed by atoms with van der Waals surface area (Å²) in [6, 6.07) is 2.96. The molecule has 21 heavy (non-hydrogen) atoms. The summed E-state index contributed by atoms with van der Waals surface area (Å²) in [5.74, 6) is -0.202. The molecular weight excluding hydrogens is 274 g/mol. The number of nitro groups is 1. The Kier molecular flexibility index (Phi) is 4.07. The molecule has 2 aromatic rings. The molecule has 2 heterocycles. The lowest BCUT2D eigenvalue weighted by molar-refractivity contribution is -0.385. The average Bonchev–Trinajstić information content (AvgIpc) is 2.48. The van der Waals surface area contributed by atoms with E-state index in [1.54, 1.807) is 26.2 Å². The Balaban J connectivity index is 2.38. The van der Waals surface area contributed by atoms with Gasteiger partial charge in [-0.3, -0.25) is 19.9 Å². The second kappa shape index (κ2) is 5.95. The van der Waals surface area contributed by atoms with E-state index in [4.69, 9.17) is 0 Å². The molecule has 8 heteroatoms. The van der Waals surface area contributed by atoms with Gasteiger partial charge in [-0.2, -0.15) is 0 Å². The van der Waals surface area contributed by atoms with Crippen molar-refractivity contribution in [1.82, 2.24) is 9.97 Å². The lowest BCUT2D eigenvalue weighted by Crippen LogP contribution is -2.15. The Morgan fingerprint density at radius 1 is 1.38 bits per heavy atom. The standard InChI is InChI=1S/C13H13N5O3/c1-8-6-15-4-3-10(8)17-13(19)9-5-12(14-2)16-7-11(9)18(20)21/h3-7H,1-2H3,(H,14,16)(H,15,17,19). The first-order valence-electron chi connectivity index (χ1n) is 6.07. The van der Waals surface area contributed by atoms with Crippen LogP contribution in [-0.2, 0) is 0 Å². The summed E-state index contributed by atoms with van der Waals surface area (Å²) in [6.45, 7) is 1.78. The van der Waals surface area contributed by atoms with Crippen molar-refractivity contribution in [2.75, 3.05) is 17.7 Å². The molecule has 0 bridgehead atoms. The minimum atomic E-state index is -0.638. The molecule has 0 unspecified atom stereocenters. The molecule has 0 aromatic carbocycles. The van der Waals surface area contributed by atoms with Gasteiger partial charge in [0.2, 0.25) is 0 Å². The number of nitrogens with zero attached hydrogens (tertiary/aromatic N) is 3. The van der Waals surface area contributed by atoms with Crippen molar-refractivity contribution in [3.8, 4) is 0 Å². The third kappa shape index (κ3) is 3.11. The first-order valence-corrected chi connectivity index (χ1v) is 6.07. The summed E-state index contributed by atoms with van der Waals surface area (Å²) in [6.07, 6.45) is 4.18. The number of aromatic nitrogens is 2. The fourth-order valence-corrected chi connectivity index (χ4v) is 1.72. The van der Waals surface area contributed by atoms with Crippen LogP contribution in [0.15, 0.2) is 30.7 Å². The molecule has 0 radical (unpaired) electrons. The van der Waals surface area contributed by atoms with Crippen LogP contribution in [-0.4, -0.2) is 27.8 Å². The summed E-state index contributed by atoms with van der Waals surface area (Å²) >= 11 is 0. The molecule has 108 valence electrons. The molecular formula is C13H13N5O3. The third-order valence-electron chi connectivity index (χ3n) is 2.85. The molecule has 0 atom stereocenters. The molecule has 0 saturated carbocycles. The van der Waals surface area contributed by atoms with Crippen molar-refractivity contribution in [3.05, 3.63) is 52.0 Å². The van der Waals surface area contributed by atoms with Gasteiger partial charge in [-0.25, -0.2) is 4.98 Å². The van der Waals surface area contributed by atoms with Crippen molar-refractivity contribution in [2.45, 2.75) is 6.92 Å². The summed E-state index contributed by atoms with van der Waals surface area (Å²) in [5, 5.41) is 16.4. The average molecular weight is 287 g/mol. The molecule has 2 rings (SSSR count). The maximum absolute atomic E-state index is 12.3. The van der Waals surface area contributed by atoms with Crippen molar-refractivity contribution in [3.63, 3.8) is 0 Å². The number of hydrogen-bond acceptors (Lipinski definition) is 6. The van der Waals surface area contributed by atoms with Crippen LogP contribution in [0.25, 0.3) is 0 Å². The fourth-order valence-electron chi connectivity index (χ4n) is 1.72. The van der Waals surface area contributed by atoms with E-state index in [1.165, 1.54) is 12.3 Å². The first-order chi connectivity index (χ1) is 10.0. The quantitative estimate of drug-likeness (QED) is 0.657. The van der Waals surface area contributed by atoms with Gasteiger partial charge in [-0.15, -0.1) is 0 Å². The molecule has 2 aromatic heterocycles. The number of aryl methyl sites for hydroxylation is 1. The Morgan fingerprint density at radius 2 is 2.14 bits per heavy atom. The van der Waals surface area contributed by atoms with Gasteiger partial charge in [-0.05, 0) is 18.6 Å². The van der Waals surface area contributed by atoms with E-state index in [-0.39, 0.29) is 11.3 Å². The van der Waals surface area contributed by atoms with Gasteiger partial charge < -0.3 is 10.6 Å². The zero-order chi connectivity index (χ0) is 15.4. The van der Waals surface area contributed by atoms with Gasteiger partial charge >= 0.3 is 0 Å². The minimum Gasteiger partial charge on any atom is -0.373 e. The Morgan fingerprint density at radius 3 is 2.76 bits per heavy atom. The maximum Gasteiger partial charge on any atom is 0.300 e. The molecule has 0 aliphatic carbocycles. The lowest BCUT2D eigenvalue weighted by atomic mass is 10.2. The highest BCUT2D eigenvalue weighted by atomic mass is 16.6. The molecule has 0 saturated heterocycles. The number of amides is 1. The van der Waals surface area contributed by atoms with Crippen LogP contribution >= 0.6 is 0 Å². The van der Waals surface area contributed by atoms with E-state index in [2.05, 4.69) is 20.6 Å². The van der Waals surface area contributed by atoms with Gasteiger partial charge in [-0.1, -0.05) is 0 Å². The number of rotatable bonds is 4. The number of anilines is 2. The number of carbonyl (C=O) groups is 1. The minimum absolute atomic E-state index is 0.0597. The van der Waals surface area contributed by atoms with Crippen molar-refractivity contribution in [1.29, 1.82) is 0 Å². The third-order valence-corrected chi connectivity index (χ3v) is 2.85. The molecule has 2 N–H and O–H groups in total. The smallest absolute Gasteiger partial charge is 0.300 e. The zero-order valence-electron chi connectivity index (χ0n) is 11.5. The highest BCUT2D eigenvalue weighted by molar-refractivity contribution is 6.07. The first kappa shape index (κ1) is 14.4. The van der Waals surface area contributed by atoms with Crippen LogP contribution in [0.2, 0.25) is 0 Å². The summed E-state index contributed by atoms with van der Waals surface area (Å²) in [5.41, 5.74) is 0.900. The van der Waals surface area contributed by atoms with Gasteiger partial charge in [0.1, 0.15) is 17.6 Å². The molecule has 0 fully saturated rings. The van der Waals surface area contributed by atoms with Gasteiger partial charge in [0.25, 0.3) is 11.6 Å². The monoisotopic (exact) mass is 287 g/mol. The Labute approximate surface area is 120 Å². The number of carbonyl (C=O) groups excluding carboxylic acids is 1. The van der Waals surface area contributed by atoms with E-state index in [9.17, 15) is 14.9 Å². The van der Waals surface area contributed by atoms with E-state index in [0.717, 1.165) is 11.8 Å². The van der Waals surface area contributed by atoms with Crippen molar-refractivity contribution >= 4 is 23.1 Å². The number of hydrogen-bond donors (Lipinski definition) is 2. The highest BCUT2D eigenvalue weighted by Crippen LogP contribution is 2.22. The largest absolute Gasteiger partial charge is 0.373 e. The fraction of sp³-hybridized carbons (Fsp3) is 0.154. The highest BCUT2D eigenvalue weighted by Gasteiger charge is 2.22. The molecule has 1 amide bonds. The Hall–Kier alpha value is -3.03. The number of pyridine rings is 2. The second-order valence-electron chi connectivity index (χ2n) is 4.24. The van der Waals surface area contributed by atoms with Crippen LogP contribution in [0.4, 0.5) is 17.2 Å². The topological polar surface area (TPSA) is 110 Å². The predicted molar refractivity (Wildman–Crippen MR) is 77.4 cm³/mol. The molecule has 8 nitrogen and oxygen atoms in total. The van der Waals surface area contributed by atoms with Crippen LogP contribution in [0.5, 0.6) is 0 Å². The number of nitrogens with one attached hydrogen (secondary N) is 2. The maximum atomic E-state index is 12.3. The van der Waals surface area contributed by atoms with Gasteiger partial charge in [0, 0.05) is 31.2 Å². The molecule has 0 aliphatic rings.